The Balaban J connectivity index is 1.92. The van der Waals surface area contributed by atoms with E-state index in [0.29, 0.717) is 18.5 Å². The highest BCUT2D eigenvalue weighted by Crippen LogP contribution is 2.35. The summed E-state index contributed by atoms with van der Waals surface area (Å²) in [6.07, 6.45) is -5.35. The molecular formula is C21H22F3NO5S. The largest absolute Gasteiger partial charge is 0.508 e. The number of halogens is 3. The number of sulfone groups is 1. The highest BCUT2D eigenvalue weighted by Gasteiger charge is 2.39. The Labute approximate surface area is 178 Å². The Bertz CT molecular complexity index is 1080. The summed E-state index contributed by atoms with van der Waals surface area (Å²) >= 11 is 0. The van der Waals surface area contributed by atoms with Crippen LogP contribution < -0.4 is 4.74 Å². The van der Waals surface area contributed by atoms with Crippen molar-refractivity contribution in [3.8, 4) is 11.5 Å². The number of hydrogen-bond donors (Lipinski definition) is 1. The smallest absolute Gasteiger partial charge is 0.425 e. The van der Waals surface area contributed by atoms with Gasteiger partial charge in [-0.15, -0.1) is 0 Å². The maximum atomic E-state index is 13.1. The number of hydrogen-bond acceptors (Lipinski definition) is 5. The Morgan fingerprint density at radius 3 is 2.52 bits per heavy atom. The fraction of sp³-hybridized carbons (Fsp3) is 0.381. The molecular weight excluding hydrogens is 435 g/mol. The van der Waals surface area contributed by atoms with Crippen molar-refractivity contribution >= 4 is 15.7 Å². The minimum Gasteiger partial charge on any atom is -0.508 e. The van der Waals surface area contributed by atoms with Crippen molar-refractivity contribution in [2.75, 3.05) is 19.3 Å². The predicted molar refractivity (Wildman–Crippen MR) is 107 cm³/mol. The molecule has 1 aliphatic heterocycles. The number of nitrogens with zero attached hydrogens (tertiary/aromatic N) is 1. The monoisotopic (exact) mass is 457 g/mol. The van der Waals surface area contributed by atoms with Crippen LogP contribution in [0.4, 0.5) is 13.2 Å². The van der Waals surface area contributed by atoms with Crippen LogP contribution in [0, 0.1) is 0 Å². The molecule has 2 atom stereocenters. The van der Waals surface area contributed by atoms with E-state index in [-0.39, 0.29) is 34.4 Å². The number of benzene rings is 2. The van der Waals surface area contributed by atoms with Crippen LogP contribution in [0.15, 0.2) is 47.4 Å². The Hall–Kier alpha value is -2.75. The molecule has 168 valence electrons. The second-order valence-corrected chi connectivity index (χ2v) is 9.54. The van der Waals surface area contributed by atoms with Crippen LogP contribution in [0.3, 0.4) is 0 Å². The van der Waals surface area contributed by atoms with E-state index < -0.39 is 28.0 Å². The van der Waals surface area contributed by atoms with Gasteiger partial charge < -0.3 is 14.7 Å². The summed E-state index contributed by atoms with van der Waals surface area (Å²) in [4.78, 5) is 14.4. The molecule has 10 heteroatoms. The number of amides is 1. The molecule has 0 bridgehead atoms. The second-order valence-electron chi connectivity index (χ2n) is 7.53. The first-order valence-electron chi connectivity index (χ1n) is 9.52. The van der Waals surface area contributed by atoms with Gasteiger partial charge in [0.05, 0.1) is 10.5 Å². The van der Waals surface area contributed by atoms with E-state index in [0.717, 1.165) is 31.4 Å². The number of ether oxygens (including phenoxy) is 1. The Kier molecular flexibility index (Phi) is 6.22. The van der Waals surface area contributed by atoms with Crippen LogP contribution >= 0.6 is 0 Å². The van der Waals surface area contributed by atoms with Gasteiger partial charge in [0.1, 0.15) is 11.5 Å². The molecule has 3 rings (SSSR count). The van der Waals surface area contributed by atoms with Gasteiger partial charge in [0, 0.05) is 25.3 Å². The van der Waals surface area contributed by atoms with Gasteiger partial charge in [-0.1, -0.05) is 18.2 Å². The molecule has 2 unspecified atom stereocenters. The maximum Gasteiger partial charge on any atom is 0.425 e. The van der Waals surface area contributed by atoms with Crippen molar-refractivity contribution in [3.63, 3.8) is 0 Å². The quantitative estimate of drug-likeness (QED) is 0.739. The van der Waals surface area contributed by atoms with Crippen molar-refractivity contribution in [3.05, 3.63) is 53.6 Å². The zero-order valence-corrected chi connectivity index (χ0v) is 17.7. The first-order chi connectivity index (χ1) is 14.4. The van der Waals surface area contributed by atoms with Crippen molar-refractivity contribution in [2.45, 2.75) is 36.4 Å². The fourth-order valence-electron chi connectivity index (χ4n) is 3.47. The summed E-state index contributed by atoms with van der Waals surface area (Å²) < 4.78 is 67.7. The molecule has 0 spiro atoms. The summed E-state index contributed by atoms with van der Waals surface area (Å²) in [5.74, 6) is -1.02. The number of para-hydroxylation sites is 1. The lowest BCUT2D eigenvalue weighted by atomic mass is 9.97. The van der Waals surface area contributed by atoms with Crippen molar-refractivity contribution in [1.82, 2.24) is 4.90 Å². The van der Waals surface area contributed by atoms with Gasteiger partial charge in [-0.2, -0.15) is 13.2 Å². The third-order valence-electron chi connectivity index (χ3n) is 5.23. The molecule has 2 aromatic carbocycles. The average molecular weight is 457 g/mol. The summed E-state index contributed by atoms with van der Waals surface area (Å²) in [5, 5.41) is 10.1. The standard InChI is InChI=1S/C21H22F3NO5S/c1-13(21(22,23)24)30-19-8-7-15(31(2,28)29)11-17(19)20(27)25-10-9-14(12-25)16-5-3-4-6-18(16)26/h3-8,11,13-14,26H,9-10,12H2,1-2H3. The number of phenols is 1. The second kappa shape index (κ2) is 8.41. The summed E-state index contributed by atoms with van der Waals surface area (Å²) in [5.41, 5.74) is 0.418. The fourth-order valence-corrected chi connectivity index (χ4v) is 4.12. The average Bonchev–Trinajstić information content (AvgIpc) is 3.16. The zero-order valence-electron chi connectivity index (χ0n) is 16.9. The van der Waals surface area contributed by atoms with Gasteiger partial charge >= 0.3 is 6.18 Å². The molecule has 6 nitrogen and oxygen atoms in total. The third kappa shape index (κ3) is 5.12. The lowest BCUT2D eigenvalue weighted by Crippen LogP contribution is -2.33. The van der Waals surface area contributed by atoms with Crippen LogP contribution in [-0.2, 0) is 9.84 Å². The lowest BCUT2D eigenvalue weighted by molar-refractivity contribution is -0.189. The number of aromatic hydroxyl groups is 1. The van der Waals surface area contributed by atoms with E-state index >= 15 is 0 Å². The number of carbonyl (C=O) groups is 1. The third-order valence-corrected chi connectivity index (χ3v) is 6.34. The first-order valence-corrected chi connectivity index (χ1v) is 11.4. The predicted octanol–water partition coefficient (Wildman–Crippen LogP) is 3.76. The van der Waals surface area contributed by atoms with Crippen LogP contribution in [0.1, 0.15) is 35.2 Å². The summed E-state index contributed by atoms with van der Waals surface area (Å²) in [6.45, 7) is 1.34. The SMILES string of the molecule is CC(Oc1ccc(S(C)(=O)=O)cc1C(=O)N1CCC(c2ccccc2O)C1)C(F)(F)F. The molecule has 1 saturated heterocycles. The van der Waals surface area contributed by atoms with E-state index in [1.807, 2.05) is 0 Å². The Morgan fingerprint density at radius 1 is 1.23 bits per heavy atom. The zero-order chi connectivity index (χ0) is 23.0. The molecule has 0 aromatic heterocycles. The van der Waals surface area contributed by atoms with Crippen molar-refractivity contribution in [2.24, 2.45) is 0 Å². The minimum atomic E-state index is -4.65. The van der Waals surface area contributed by atoms with E-state index in [4.69, 9.17) is 4.74 Å². The Morgan fingerprint density at radius 2 is 1.90 bits per heavy atom. The molecule has 1 aliphatic rings. The molecule has 0 saturated carbocycles. The first kappa shape index (κ1) is 22.9. The van der Waals surface area contributed by atoms with E-state index in [9.17, 15) is 31.5 Å². The lowest BCUT2D eigenvalue weighted by Gasteiger charge is -2.22. The molecule has 1 amide bonds. The highest BCUT2D eigenvalue weighted by atomic mass is 32.2. The highest BCUT2D eigenvalue weighted by molar-refractivity contribution is 7.90. The van der Waals surface area contributed by atoms with Crippen molar-refractivity contribution < 1.29 is 36.2 Å². The van der Waals surface area contributed by atoms with Gasteiger partial charge in [0.2, 0.25) is 0 Å². The molecule has 0 aliphatic carbocycles. The number of phenolic OH excluding ortho intramolecular Hbond substituents is 1. The minimum absolute atomic E-state index is 0.101. The number of likely N-dealkylation sites (tertiary alicyclic amines) is 1. The van der Waals surface area contributed by atoms with E-state index in [2.05, 4.69) is 0 Å². The number of rotatable bonds is 5. The van der Waals surface area contributed by atoms with Crippen molar-refractivity contribution in [1.29, 1.82) is 0 Å². The molecule has 31 heavy (non-hydrogen) atoms. The number of carbonyl (C=O) groups excluding carboxylic acids is 1. The maximum absolute atomic E-state index is 13.1. The summed E-state index contributed by atoms with van der Waals surface area (Å²) in [6, 6.07) is 9.96. The van der Waals surface area contributed by atoms with E-state index in [1.54, 1.807) is 24.3 Å². The van der Waals surface area contributed by atoms with Gasteiger partial charge in [0.25, 0.3) is 5.91 Å². The van der Waals surface area contributed by atoms with Gasteiger partial charge in [-0.3, -0.25) is 4.79 Å². The van der Waals surface area contributed by atoms with Crippen LogP contribution in [0.25, 0.3) is 0 Å². The molecule has 1 fully saturated rings. The molecule has 1 N–H and O–H groups in total. The molecule has 1 heterocycles. The van der Waals surface area contributed by atoms with E-state index in [1.165, 1.54) is 4.90 Å². The van der Waals surface area contributed by atoms with Crippen LogP contribution in [0.2, 0.25) is 0 Å². The molecule has 2 aromatic rings. The van der Waals surface area contributed by atoms with Gasteiger partial charge in [0.15, 0.2) is 15.9 Å². The normalized spacial score (nSPS) is 18.1. The summed E-state index contributed by atoms with van der Waals surface area (Å²) in [7, 11) is -3.70. The topological polar surface area (TPSA) is 83.9 Å². The van der Waals surface area contributed by atoms with Gasteiger partial charge in [-0.25, -0.2) is 8.42 Å². The van der Waals surface area contributed by atoms with Gasteiger partial charge in [-0.05, 0) is 43.2 Å². The van der Waals surface area contributed by atoms with Crippen LogP contribution in [-0.4, -0.2) is 56.0 Å². The molecule has 0 radical (unpaired) electrons. The van der Waals surface area contributed by atoms with Crippen LogP contribution in [0.5, 0.6) is 11.5 Å². The number of alkyl halides is 3.